The van der Waals surface area contributed by atoms with E-state index < -0.39 is 0 Å². The Balaban J connectivity index is 0.00000108. The maximum absolute atomic E-state index is 5.35. The molecule has 0 bridgehead atoms. The third-order valence-electron chi connectivity index (χ3n) is 3.72. The molecule has 1 nitrogen and oxygen atoms in total. The molecule has 23 heavy (non-hydrogen) atoms. The Kier molecular flexibility index (Phi) is 12.9. The standard InChI is InChI=1S/C18H25N.C4H10/c1-5-8-18(9-6-2)19-15(4)14-17-12-10-16(7-3)11-13-17;1-3-4-2/h3,10-13,18-19H,4-6,8-9,14H2,1-2H3;3-4H2,1-2H3. The summed E-state index contributed by atoms with van der Waals surface area (Å²) in [6.45, 7) is 13.0. The average molecular weight is 314 g/mol. The fraction of sp³-hybridized carbons (Fsp3) is 0.545. The molecule has 1 heteroatoms. The molecule has 128 valence electrons. The summed E-state index contributed by atoms with van der Waals surface area (Å²) in [6.07, 6.45) is 13.7. The van der Waals surface area contributed by atoms with Crippen LogP contribution in [0.2, 0.25) is 0 Å². The van der Waals surface area contributed by atoms with Crippen LogP contribution in [-0.4, -0.2) is 6.04 Å². The molecule has 0 aliphatic rings. The minimum Gasteiger partial charge on any atom is -0.386 e. The Morgan fingerprint density at radius 2 is 1.52 bits per heavy atom. The molecule has 0 saturated carbocycles. The van der Waals surface area contributed by atoms with Crippen molar-refractivity contribution in [3.63, 3.8) is 0 Å². The average Bonchev–Trinajstić information content (AvgIpc) is 2.56. The van der Waals surface area contributed by atoms with Crippen LogP contribution < -0.4 is 5.32 Å². The van der Waals surface area contributed by atoms with Gasteiger partial charge in [0.2, 0.25) is 0 Å². The zero-order valence-electron chi connectivity index (χ0n) is 15.6. The van der Waals surface area contributed by atoms with E-state index in [9.17, 15) is 0 Å². The number of rotatable bonds is 9. The van der Waals surface area contributed by atoms with Gasteiger partial charge in [-0.05, 0) is 30.5 Å². The number of allylic oxidation sites excluding steroid dienone is 1. The van der Waals surface area contributed by atoms with Crippen LogP contribution in [0.25, 0.3) is 0 Å². The molecule has 0 radical (unpaired) electrons. The van der Waals surface area contributed by atoms with Crippen LogP contribution in [0.1, 0.15) is 77.3 Å². The molecule has 0 unspecified atom stereocenters. The number of benzene rings is 1. The molecule has 1 aromatic rings. The molecule has 1 N–H and O–H groups in total. The number of nitrogens with one attached hydrogen (secondary N) is 1. The van der Waals surface area contributed by atoms with Gasteiger partial charge in [0.05, 0.1) is 0 Å². The van der Waals surface area contributed by atoms with Crippen LogP contribution in [0.4, 0.5) is 0 Å². The smallest absolute Gasteiger partial charge is 0.0257 e. The van der Waals surface area contributed by atoms with Gasteiger partial charge in [0, 0.05) is 23.7 Å². The summed E-state index contributed by atoms with van der Waals surface area (Å²) >= 11 is 0. The lowest BCUT2D eigenvalue weighted by Gasteiger charge is -2.20. The third kappa shape index (κ3) is 10.6. The van der Waals surface area contributed by atoms with Gasteiger partial charge >= 0.3 is 0 Å². The van der Waals surface area contributed by atoms with Gasteiger partial charge in [0.15, 0.2) is 0 Å². The number of hydrogen-bond donors (Lipinski definition) is 1. The minimum absolute atomic E-state index is 0.562. The van der Waals surface area contributed by atoms with E-state index in [-0.39, 0.29) is 0 Å². The maximum atomic E-state index is 5.35. The molecule has 0 fully saturated rings. The van der Waals surface area contributed by atoms with Gasteiger partial charge in [-0.3, -0.25) is 0 Å². The summed E-state index contributed by atoms with van der Waals surface area (Å²) in [5.74, 6) is 2.64. The Morgan fingerprint density at radius 1 is 1.00 bits per heavy atom. The Labute approximate surface area is 144 Å². The first kappa shape index (κ1) is 21.3. The van der Waals surface area contributed by atoms with E-state index in [4.69, 9.17) is 6.42 Å². The van der Waals surface area contributed by atoms with Crippen LogP contribution in [0.15, 0.2) is 36.5 Å². The van der Waals surface area contributed by atoms with Crippen molar-refractivity contribution in [2.75, 3.05) is 0 Å². The lowest BCUT2D eigenvalue weighted by Crippen LogP contribution is -2.28. The lowest BCUT2D eigenvalue weighted by atomic mass is 10.0. The number of unbranched alkanes of at least 4 members (excludes halogenated alkanes) is 1. The second-order valence-electron chi connectivity index (χ2n) is 6.04. The van der Waals surface area contributed by atoms with E-state index in [1.54, 1.807) is 0 Å². The first-order chi connectivity index (χ1) is 11.1. The molecule has 1 rings (SSSR count). The zero-order valence-corrected chi connectivity index (χ0v) is 15.6. The van der Waals surface area contributed by atoms with Crippen molar-refractivity contribution in [3.8, 4) is 12.3 Å². The van der Waals surface area contributed by atoms with Crippen LogP contribution in [0.3, 0.4) is 0 Å². The summed E-state index contributed by atoms with van der Waals surface area (Å²) in [6, 6.07) is 8.69. The molecule has 0 heterocycles. The molecule has 0 aliphatic heterocycles. The van der Waals surface area contributed by atoms with Crippen molar-refractivity contribution in [2.45, 2.75) is 78.7 Å². The molecule has 0 saturated heterocycles. The van der Waals surface area contributed by atoms with Crippen molar-refractivity contribution < 1.29 is 0 Å². The fourth-order valence-electron chi connectivity index (χ4n) is 2.29. The molecule has 0 spiro atoms. The van der Waals surface area contributed by atoms with E-state index >= 15 is 0 Å². The SMILES string of the molecule is C#Cc1ccc(CC(=C)NC(CCC)CCC)cc1.CCCC. The van der Waals surface area contributed by atoms with E-state index in [2.05, 4.69) is 57.6 Å². The maximum Gasteiger partial charge on any atom is 0.0257 e. The molecular weight excluding hydrogens is 278 g/mol. The first-order valence-electron chi connectivity index (χ1n) is 9.10. The van der Waals surface area contributed by atoms with Crippen LogP contribution >= 0.6 is 0 Å². The Hall–Kier alpha value is -1.68. The summed E-state index contributed by atoms with van der Waals surface area (Å²) in [7, 11) is 0. The van der Waals surface area contributed by atoms with Gasteiger partial charge in [-0.15, -0.1) is 6.42 Å². The number of hydrogen-bond acceptors (Lipinski definition) is 1. The summed E-state index contributed by atoms with van der Waals surface area (Å²) in [4.78, 5) is 0. The summed E-state index contributed by atoms with van der Waals surface area (Å²) < 4.78 is 0. The van der Waals surface area contributed by atoms with E-state index in [1.807, 2.05) is 12.1 Å². The highest BCUT2D eigenvalue weighted by Gasteiger charge is 2.07. The van der Waals surface area contributed by atoms with Gasteiger partial charge in [-0.2, -0.15) is 0 Å². The second kappa shape index (κ2) is 13.9. The molecule has 0 aliphatic carbocycles. The lowest BCUT2D eigenvalue weighted by molar-refractivity contribution is 0.478. The van der Waals surface area contributed by atoms with Crippen molar-refractivity contribution in [1.82, 2.24) is 5.32 Å². The highest BCUT2D eigenvalue weighted by atomic mass is 14.9. The molecule has 0 amide bonds. The Morgan fingerprint density at radius 3 is 1.91 bits per heavy atom. The normalized spacial score (nSPS) is 9.74. The van der Waals surface area contributed by atoms with Crippen LogP contribution in [-0.2, 0) is 6.42 Å². The van der Waals surface area contributed by atoms with Gasteiger partial charge in [-0.25, -0.2) is 0 Å². The van der Waals surface area contributed by atoms with E-state index in [1.165, 1.54) is 44.1 Å². The predicted octanol–water partition coefficient (Wildman–Crippen LogP) is 6.09. The zero-order chi connectivity index (χ0) is 17.5. The van der Waals surface area contributed by atoms with Gasteiger partial charge in [0.1, 0.15) is 0 Å². The van der Waals surface area contributed by atoms with Gasteiger partial charge in [-0.1, -0.05) is 78.0 Å². The van der Waals surface area contributed by atoms with Gasteiger partial charge in [0.25, 0.3) is 0 Å². The Bertz CT molecular complexity index is 442. The summed E-state index contributed by atoms with van der Waals surface area (Å²) in [5.41, 5.74) is 3.28. The fourth-order valence-corrected chi connectivity index (χ4v) is 2.29. The molecule has 0 atom stereocenters. The summed E-state index contributed by atoms with van der Waals surface area (Å²) in [5, 5.41) is 3.56. The van der Waals surface area contributed by atoms with E-state index in [0.29, 0.717) is 6.04 Å². The third-order valence-corrected chi connectivity index (χ3v) is 3.72. The van der Waals surface area contributed by atoms with Crippen molar-refractivity contribution in [2.24, 2.45) is 0 Å². The van der Waals surface area contributed by atoms with Crippen LogP contribution in [0, 0.1) is 12.3 Å². The monoisotopic (exact) mass is 313 g/mol. The quantitative estimate of drug-likeness (QED) is 0.544. The van der Waals surface area contributed by atoms with Crippen LogP contribution in [0.5, 0.6) is 0 Å². The highest BCUT2D eigenvalue weighted by molar-refractivity contribution is 5.35. The van der Waals surface area contributed by atoms with Crippen molar-refractivity contribution >= 4 is 0 Å². The molecular formula is C22H35N. The molecule has 0 aromatic heterocycles. The number of terminal acetylenes is 1. The van der Waals surface area contributed by atoms with Crippen molar-refractivity contribution in [1.29, 1.82) is 0 Å². The highest BCUT2D eigenvalue weighted by Crippen LogP contribution is 2.11. The largest absolute Gasteiger partial charge is 0.386 e. The predicted molar refractivity (Wildman–Crippen MR) is 105 cm³/mol. The van der Waals surface area contributed by atoms with Crippen molar-refractivity contribution in [3.05, 3.63) is 47.7 Å². The first-order valence-corrected chi connectivity index (χ1v) is 9.10. The second-order valence-corrected chi connectivity index (χ2v) is 6.04. The van der Waals surface area contributed by atoms with E-state index in [0.717, 1.165) is 17.7 Å². The minimum atomic E-state index is 0.562. The topological polar surface area (TPSA) is 12.0 Å². The molecule has 1 aromatic carbocycles. The van der Waals surface area contributed by atoms with Gasteiger partial charge < -0.3 is 5.32 Å².